The Labute approximate surface area is 109 Å². The van der Waals surface area contributed by atoms with Gasteiger partial charge in [0.15, 0.2) is 0 Å². The van der Waals surface area contributed by atoms with Crippen molar-refractivity contribution in [1.82, 2.24) is 9.88 Å². The molecule has 4 heteroatoms. The fraction of sp³-hybridized carbons (Fsp3) is 0.643. The highest BCUT2D eigenvalue weighted by Crippen LogP contribution is 2.24. The minimum absolute atomic E-state index is 0.729. The van der Waals surface area contributed by atoms with Crippen LogP contribution < -0.4 is 10.6 Å². The van der Waals surface area contributed by atoms with Crippen LogP contribution in [-0.2, 0) is 0 Å². The van der Waals surface area contributed by atoms with E-state index in [1.54, 1.807) is 0 Å². The lowest BCUT2D eigenvalue weighted by Gasteiger charge is -2.26. The van der Waals surface area contributed by atoms with Crippen LogP contribution in [0.2, 0.25) is 0 Å². The lowest BCUT2D eigenvalue weighted by Crippen LogP contribution is -2.37. The maximum absolute atomic E-state index is 5.85. The molecule has 0 saturated carbocycles. The van der Waals surface area contributed by atoms with Crippen LogP contribution >= 0.6 is 0 Å². The molecule has 98 valence electrons. The Morgan fingerprint density at radius 2 is 2.06 bits per heavy atom. The second-order valence-corrected chi connectivity index (χ2v) is 5.48. The molecule has 0 amide bonds. The van der Waals surface area contributed by atoms with Gasteiger partial charge in [0.05, 0.1) is 11.4 Å². The molecule has 1 atom stereocenters. The van der Waals surface area contributed by atoms with Crippen molar-refractivity contribution in [2.75, 3.05) is 36.8 Å². The van der Waals surface area contributed by atoms with Crippen LogP contribution in [0.4, 0.5) is 11.5 Å². The lowest BCUT2D eigenvalue weighted by atomic mass is 10.2. The normalized spacial score (nSPS) is 24.9. The predicted octanol–water partition coefficient (Wildman–Crippen LogP) is 1.65. The summed E-state index contributed by atoms with van der Waals surface area (Å²) in [4.78, 5) is 9.71. The first-order valence-electron chi connectivity index (χ1n) is 6.96. The summed E-state index contributed by atoms with van der Waals surface area (Å²) in [7, 11) is 0. The third-order valence-electron chi connectivity index (χ3n) is 4.24. The van der Waals surface area contributed by atoms with Gasteiger partial charge in [-0.15, -0.1) is 0 Å². The van der Waals surface area contributed by atoms with E-state index in [9.17, 15) is 0 Å². The van der Waals surface area contributed by atoms with E-state index < -0.39 is 0 Å². The second-order valence-electron chi connectivity index (χ2n) is 5.48. The fourth-order valence-electron chi connectivity index (χ4n) is 3.15. The number of anilines is 2. The standard InChI is InChI=1S/C14H22N4/c1-11-13(15)5-6-14(16-11)18-9-3-8-17-7-2-4-12(17)10-18/h5-6,12H,2-4,7-10,15H2,1H3. The van der Waals surface area contributed by atoms with Gasteiger partial charge in [0.2, 0.25) is 0 Å². The molecule has 4 nitrogen and oxygen atoms in total. The number of nitrogens with two attached hydrogens (primary N) is 1. The number of hydrogen-bond donors (Lipinski definition) is 1. The number of aryl methyl sites for hydroxylation is 1. The summed E-state index contributed by atoms with van der Waals surface area (Å²) in [6.07, 6.45) is 3.93. The van der Waals surface area contributed by atoms with E-state index in [1.165, 1.54) is 32.4 Å². The molecular weight excluding hydrogens is 224 g/mol. The second kappa shape index (κ2) is 4.76. The number of nitrogen functional groups attached to an aromatic ring is 1. The third-order valence-corrected chi connectivity index (χ3v) is 4.24. The fourth-order valence-corrected chi connectivity index (χ4v) is 3.15. The lowest BCUT2D eigenvalue weighted by molar-refractivity contribution is 0.273. The van der Waals surface area contributed by atoms with Crippen LogP contribution in [0.5, 0.6) is 0 Å². The molecule has 1 aromatic heterocycles. The minimum atomic E-state index is 0.729. The van der Waals surface area contributed by atoms with Crippen LogP contribution in [-0.4, -0.2) is 42.1 Å². The van der Waals surface area contributed by atoms with E-state index in [4.69, 9.17) is 5.73 Å². The van der Waals surface area contributed by atoms with Gasteiger partial charge < -0.3 is 10.6 Å². The number of pyridine rings is 1. The Hall–Kier alpha value is -1.29. The molecular formula is C14H22N4. The average molecular weight is 246 g/mol. The van der Waals surface area contributed by atoms with Gasteiger partial charge in [-0.05, 0) is 44.9 Å². The van der Waals surface area contributed by atoms with Crippen molar-refractivity contribution >= 4 is 11.5 Å². The van der Waals surface area contributed by atoms with Gasteiger partial charge in [-0.1, -0.05) is 0 Å². The van der Waals surface area contributed by atoms with Gasteiger partial charge in [0.1, 0.15) is 5.82 Å². The van der Waals surface area contributed by atoms with E-state index in [2.05, 4.69) is 20.9 Å². The Morgan fingerprint density at radius 1 is 1.22 bits per heavy atom. The summed E-state index contributed by atoms with van der Waals surface area (Å²) in [5.74, 6) is 1.09. The van der Waals surface area contributed by atoms with Crippen molar-refractivity contribution in [3.8, 4) is 0 Å². The van der Waals surface area contributed by atoms with Crippen molar-refractivity contribution in [1.29, 1.82) is 0 Å². The molecule has 0 bridgehead atoms. The predicted molar refractivity (Wildman–Crippen MR) is 74.8 cm³/mol. The van der Waals surface area contributed by atoms with Gasteiger partial charge in [-0.3, -0.25) is 4.90 Å². The zero-order valence-corrected chi connectivity index (χ0v) is 11.1. The van der Waals surface area contributed by atoms with Crippen LogP contribution in [0.15, 0.2) is 12.1 Å². The maximum Gasteiger partial charge on any atom is 0.129 e. The topological polar surface area (TPSA) is 45.4 Å². The monoisotopic (exact) mass is 246 g/mol. The van der Waals surface area contributed by atoms with Crippen LogP contribution in [0.1, 0.15) is 25.0 Å². The molecule has 0 aliphatic carbocycles. The first-order valence-corrected chi connectivity index (χ1v) is 6.96. The van der Waals surface area contributed by atoms with Crippen molar-refractivity contribution in [3.05, 3.63) is 17.8 Å². The molecule has 2 aliphatic rings. The number of hydrogen-bond acceptors (Lipinski definition) is 4. The van der Waals surface area contributed by atoms with E-state index in [0.29, 0.717) is 0 Å². The van der Waals surface area contributed by atoms with Gasteiger partial charge in [0.25, 0.3) is 0 Å². The molecule has 0 aromatic carbocycles. The molecule has 2 aliphatic heterocycles. The summed E-state index contributed by atoms with van der Waals surface area (Å²) >= 11 is 0. The Kier molecular flexibility index (Phi) is 3.12. The molecule has 0 radical (unpaired) electrons. The molecule has 0 spiro atoms. The van der Waals surface area contributed by atoms with Gasteiger partial charge in [-0.2, -0.15) is 0 Å². The molecule has 3 rings (SSSR count). The van der Waals surface area contributed by atoms with Gasteiger partial charge in [0, 0.05) is 25.7 Å². The summed E-state index contributed by atoms with van der Waals surface area (Å²) in [5.41, 5.74) is 7.58. The first kappa shape index (κ1) is 11.8. The van der Waals surface area contributed by atoms with Gasteiger partial charge in [-0.25, -0.2) is 4.98 Å². The van der Waals surface area contributed by atoms with Crippen molar-refractivity contribution in [3.63, 3.8) is 0 Å². The third kappa shape index (κ3) is 2.17. The highest BCUT2D eigenvalue weighted by atomic mass is 15.3. The summed E-state index contributed by atoms with van der Waals surface area (Å²) < 4.78 is 0. The molecule has 2 fully saturated rings. The Morgan fingerprint density at radius 3 is 2.89 bits per heavy atom. The molecule has 2 saturated heterocycles. The molecule has 2 N–H and O–H groups in total. The zero-order chi connectivity index (χ0) is 12.5. The largest absolute Gasteiger partial charge is 0.397 e. The maximum atomic E-state index is 5.85. The minimum Gasteiger partial charge on any atom is -0.397 e. The number of nitrogens with zero attached hydrogens (tertiary/aromatic N) is 3. The van der Waals surface area contributed by atoms with Gasteiger partial charge >= 0.3 is 0 Å². The van der Waals surface area contributed by atoms with Crippen molar-refractivity contribution in [2.45, 2.75) is 32.2 Å². The highest BCUT2D eigenvalue weighted by molar-refractivity contribution is 5.50. The summed E-state index contributed by atoms with van der Waals surface area (Å²) in [5, 5.41) is 0. The molecule has 18 heavy (non-hydrogen) atoms. The Balaban J connectivity index is 1.80. The highest BCUT2D eigenvalue weighted by Gasteiger charge is 2.29. The van der Waals surface area contributed by atoms with E-state index >= 15 is 0 Å². The van der Waals surface area contributed by atoms with E-state index in [1.807, 2.05) is 13.0 Å². The average Bonchev–Trinajstić information content (AvgIpc) is 2.70. The SMILES string of the molecule is Cc1nc(N2CCCN3CCCC3C2)ccc1N. The van der Waals surface area contributed by atoms with E-state index in [-0.39, 0.29) is 0 Å². The van der Waals surface area contributed by atoms with Crippen LogP contribution in [0, 0.1) is 6.92 Å². The first-order chi connectivity index (χ1) is 8.74. The Bertz CT molecular complexity index is 432. The zero-order valence-electron chi connectivity index (χ0n) is 11.1. The quantitative estimate of drug-likeness (QED) is 0.818. The van der Waals surface area contributed by atoms with E-state index in [0.717, 1.165) is 36.3 Å². The molecule has 3 heterocycles. The smallest absolute Gasteiger partial charge is 0.129 e. The van der Waals surface area contributed by atoms with Crippen molar-refractivity contribution in [2.24, 2.45) is 0 Å². The summed E-state index contributed by atoms with van der Waals surface area (Å²) in [6.45, 7) is 6.75. The molecule has 1 unspecified atom stereocenters. The van der Waals surface area contributed by atoms with Crippen molar-refractivity contribution < 1.29 is 0 Å². The van der Waals surface area contributed by atoms with Crippen LogP contribution in [0.25, 0.3) is 0 Å². The van der Waals surface area contributed by atoms with Crippen LogP contribution in [0.3, 0.4) is 0 Å². The number of aromatic nitrogens is 1. The molecule has 1 aromatic rings. The summed E-state index contributed by atoms with van der Waals surface area (Å²) in [6, 6.07) is 4.77. The number of fused-ring (bicyclic) bond motifs is 1. The number of rotatable bonds is 1.